The molecule has 0 aromatic carbocycles. The van der Waals surface area contributed by atoms with Gasteiger partial charge in [0.05, 0.1) is 0 Å². The van der Waals surface area contributed by atoms with E-state index < -0.39 is 0 Å². The summed E-state index contributed by atoms with van der Waals surface area (Å²) in [6.45, 7) is 5.89. The summed E-state index contributed by atoms with van der Waals surface area (Å²) in [6, 6.07) is 0. The molecule has 0 bridgehead atoms. The van der Waals surface area contributed by atoms with E-state index in [2.05, 4.69) is 33.4 Å². The fourth-order valence-electron chi connectivity index (χ4n) is 1.19. The molecule has 1 unspecified atom stereocenters. The molecule has 1 N–H and O–H groups in total. The molecule has 0 aliphatic carbocycles. The predicted octanol–water partition coefficient (Wildman–Crippen LogP) is 1.47. The van der Waals surface area contributed by atoms with Crippen molar-refractivity contribution in [2.75, 3.05) is 18.6 Å². The van der Waals surface area contributed by atoms with Crippen LogP contribution in [0.4, 0.5) is 0 Å². The lowest BCUT2D eigenvalue weighted by atomic mass is 10.2. The number of hydrogen-bond acceptors (Lipinski definition) is 5. The van der Waals surface area contributed by atoms with Crippen molar-refractivity contribution < 1.29 is 4.63 Å². The van der Waals surface area contributed by atoms with E-state index in [1.165, 1.54) is 5.75 Å². The molecular weight excluding hydrogens is 198 g/mol. The second-order valence-corrected chi connectivity index (χ2v) is 4.40. The van der Waals surface area contributed by atoms with E-state index in [4.69, 9.17) is 0 Å². The van der Waals surface area contributed by atoms with Gasteiger partial charge < -0.3 is 5.32 Å². The van der Waals surface area contributed by atoms with Crippen LogP contribution in [0, 0.1) is 12.8 Å². The number of nitrogens with zero attached hydrogens (tertiary/aromatic N) is 2. The molecule has 80 valence electrons. The lowest BCUT2D eigenvalue weighted by Gasteiger charge is -2.09. The Hall–Kier alpha value is -0.550. The number of rotatable bonds is 6. The molecule has 5 heteroatoms. The lowest BCUT2D eigenvalue weighted by molar-refractivity contribution is 0.300. The summed E-state index contributed by atoms with van der Waals surface area (Å²) in [5.74, 6) is 1.87. The van der Waals surface area contributed by atoms with E-state index in [1.807, 2.05) is 18.7 Å². The Morgan fingerprint density at radius 1 is 1.50 bits per heavy atom. The Labute approximate surface area is 88.8 Å². The largest absolute Gasteiger partial charge is 0.311 e. The molecular formula is C9H17N3OS. The van der Waals surface area contributed by atoms with E-state index in [-0.39, 0.29) is 0 Å². The van der Waals surface area contributed by atoms with Gasteiger partial charge in [-0.2, -0.15) is 11.8 Å². The molecule has 1 aromatic heterocycles. The highest BCUT2D eigenvalue weighted by Crippen LogP contribution is 2.04. The quantitative estimate of drug-likeness (QED) is 0.778. The van der Waals surface area contributed by atoms with Crippen LogP contribution < -0.4 is 5.32 Å². The summed E-state index contributed by atoms with van der Waals surface area (Å²) in [7, 11) is 0. The standard InChI is InChI=1S/C9H17N3OS/c1-7(6-14-3)4-10-5-9-8(2)11-13-12-9/h7,10H,4-6H2,1-3H3. The predicted molar refractivity (Wildman–Crippen MR) is 58.3 cm³/mol. The molecule has 0 aliphatic heterocycles. The van der Waals surface area contributed by atoms with Gasteiger partial charge in [-0.25, -0.2) is 4.63 Å². The molecule has 0 saturated carbocycles. The normalized spacial score (nSPS) is 13.1. The number of nitrogens with one attached hydrogen (secondary N) is 1. The van der Waals surface area contributed by atoms with Crippen molar-refractivity contribution in [1.29, 1.82) is 0 Å². The first-order valence-corrected chi connectivity index (χ1v) is 6.11. The van der Waals surface area contributed by atoms with Gasteiger partial charge in [0.25, 0.3) is 0 Å². The van der Waals surface area contributed by atoms with Gasteiger partial charge in [-0.3, -0.25) is 0 Å². The SMILES string of the molecule is CSCC(C)CNCc1nonc1C. The van der Waals surface area contributed by atoms with Crippen LogP contribution in [0.25, 0.3) is 0 Å². The minimum Gasteiger partial charge on any atom is -0.311 e. The van der Waals surface area contributed by atoms with Crippen molar-refractivity contribution in [3.63, 3.8) is 0 Å². The molecule has 1 heterocycles. The van der Waals surface area contributed by atoms with Crippen LogP contribution in [0.1, 0.15) is 18.3 Å². The summed E-state index contributed by atoms with van der Waals surface area (Å²) in [5.41, 5.74) is 1.77. The Morgan fingerprint density at radius 3 is 2.86 bits per heavy atom. The molecule has 0 aliphatic rings. The molecule has 0 amide bonds. The van der Waals surface area contributed by atoms with Crippen LogP contribution >= 0.6 is 11.8 Å². The third-order valence-corrected chi connectivity index (χ3v) is 2.89. The zero-order valence-corrected chi connectivity index (χ0v) is 9.73. The van der Waals surface area contributed by atoms with Crippen LogP contribution in [-0.2, 0) is 6.54 Å². The van der Waals surface area contributed by atoms with E-state index in [0.717, 1.165) is 24.5 Å². The van der Waals surface area contributed by atoms with E-state index >= 15 is 0 Å². The zero-order valence-electron chi connectivity index (χ0n) is 8.91. The maximum atomic E-state index is 4.61. The average molecular weight is 215 g/mol. The van der Waals surface area contributed by atoms with Crippen LogP contribution in [0.5, 0.6) is 0 Å². The second-order valence-electron chi connectivity index (χ2n) is 3.49. The first kappa shape index (κ1) is 11.5. The molecule has 0 radical (unpaired) electrons. The fraction of sp³-hybridized carbons (Fsp3) is 0.778. The number of aromatic nitrogens is 2. The van der Waals surface area contributed by atoms with Gasteiger partial charge in [0.15, 0.2) is 0 Å². The van der Waals surface area contributed by atoms with Gasteiger partial charge in [-0.15, -0.1) is 0 Å². The highest BCUT2D eigenvalue weighted by Gasteiger charge is 2.05. The van der Waals surface area contributed by atoms with E-state index in [0.29, 0.717) is 5.92 Å². The highest BCUT2D eigenvalue weighted by molar-refractivity contribution is 7.98. The van der Waals surface area contributed by atoms with Gasteiger partial charge in [0.1, 0.15) is 11.4 Å². The minimum atomic E-state index is 0.685. The summed E-state index contributed by atoms with van der Waals surface area (Å²) < 4.78 is 4.61. The summed E-state index contributed by atoms with van der Waals surface area (Å²) in [5, 5.41) is 10.9. The summed E-state index contributed by atoms with van der Waals surface area (Å²) in [6.07, 6.45) is 2.13. The fourth-order valence-corrected chi connectivity index (χ4v) is 1.88. The number of aryl methyl sites for hydroxylation is 1. The van der Waals surface area contributed by atoms with Crippen LogP contribution in [0.3, 0.4) is 0 Å². The zero-order chi connectivity index (χ0) is 10.4. The smallest absolute Gasteiger partial charge is 0.121 e. The molecule has 0 fully saturated rings. The molecule has 0 spiro atoms. The summed E-state index contributed by atoms with van der Waals surface area (Å²) >= 11 is 1.87. The third kappa shape index (κ3) is 3.67. The Bertz CT molecular complexity index is 264. The van der Waals surface area contributed by atoms with Crippen molar-refractivity contribution >= 4 is 11.8 Å². The molecule has 1 rings (SSSR count). The van der Waals surface area contributed by atoms with Crippen molar-refractivity contribution in [3.8, 4) is 0 Å². The third-order valence-electron chi connectivity index (χ3n) is 1.98. The van der Waals surface area contributed by atoms with Gasteiger partial charge in [0, 0.05) is 6.54 Å². The van der Waals surface area contributed by atoms with Crippen molar-refractivity contribution in [2.24, 2.45) is 5.92 Å². The van der Waals surface area contributed by atoms with Crippen molar-refractivity contribution in [2.45, 2.75) is 20.4 Å². The Morgan fingerprint density at radius 2 is 2.29 bits per heavy atom. The minimum absolute atomic E-state index is 0.685. The van der Waals surface area contributed by atoms with Crippen LogP contribution in [-0.4, -0.2) is 28.9 Å². The van der Waals surface area contributed by atoms with Crippen molar-refractivity contribution in [1.82, 2.24) is 15.6 Å². The van der Waals surface area contributed by atoms with Gasteiger partial charge in [-0.1, -0.05) is 17.2 Å². The first-order valence-electron chi connectivity index (χ1n) is 4.71. The molecule has 4 nitrogen and oxygen atoms in total. The first-order chi connectivity index (χ1) is 6.74. The van der Waals surface area contributed by atoms with Crippen molar-refractivity contribution in [3.05, 3.63) is 11.4 Å². The van der Waals surface area contributed by atoms with E-state index in [1.54, 1.807) is 0 Å². The van der Waals surface area contributed by atoms with Crippen LogP contribution in [0.2, 0.25) is 0 Å². The highest BCUT2D eigenvalue weighted by atomic mass is 32.2. The molecule has 14 heavy (non-hydrogen) atoms. The number of hydrogen-bond donors (Lipinski definition) is 1. The van der Waals surface area contributed by atoms with E-state index in [9.17, 15) is 0 Å². The van der Waals surface area contributed by atoms with Gasteiger partial charge >= 0.3 is 0 Å². The maximum Gasteiger partial charge on any atom is 0.121 e. The maximum absolute atomic E-state index is 4.61. The molecule has 0 saturated heterocycles. The average Bonchev–Trinajstić information content (AvgIpc) is 2.52. The number of thioether (sulfide) groups is 1. The van der Waals surface area contributed by atoms with Gasteiger partial charge in [0.2, 0.25) is 0 Å². The topological polar surface area (TPSA) is 51.0 Å². The molecule has 1 atom stereocenters. The van der Waals surface area contributed by atoms with Gasteiger partial charge in [-0.05, 0) is 31.4 Å². The Kier molecular flexibility index (Phi) is 4.97. The van der Waals surface area contributed by atoms with Crippen LogP contribution in [0.15, 0.2) is 4.63 Å². The second kappa shape index (κ2) is 6.03. The lowest BCUT2D eigenvalue weighted by Crippen LogP contribution is -2.22. The monoisotopic (exact) mass is 215 g/mol. The Balaban J connectivity index is 2.19. The summed E-state index contributed by atoms with van der Waals surface area (Å²) in [4.78, 5) is 0. The molecule has 1 aromatic rings.